The summed E-state index contributed by atoms with van der Waals surface area (Å²) < 4.78 is 19.0. The van der Waals surface area contributed by atoms with E-state index in [1.807, 2.05) is 6.92 Å². The molecule has 1 aliphatic rings. The zero-order chi connectivity index (χ0) is 14.1. The quantitative estimate of drug-likeness (QED) is 0.932. The second-order valence-corrected chi connectivity index (χ2v) is 5.13. The number of halogens is 1. The minimum atomic E-state index is -0.268. The number of pyridine rings is 1. The van der Waals surface area contributed by atoms with Crippen LogP contribution in [0.4, 0.5) is 4.39 Å². The minimum absolute atomic E-state index is 0.268. The van der Waals surface area contributed by atoms with E-state index in [0.29, 0.717) is 18.2 Å². The summed E-state index contributed by atoms with van der Waals surface area (Å²) in [6.07, 6.45) is 3.18. The van der Waals surface area contributed by atoms with Crippen LogP contribution < -0.4 is 10.5 Å². The van der Waals surface area contributed by atoms with Gasteiger partial charge in [-0.15, -0.1) is 0 Å². The van der Waals surface area contributed by atoms with E-state index in [1.54, 1.807) is 6.07 Å². The van der Waals surface area contributed by atoms with Crippen molar-refractivity contribution in [3.05, 3.63) is 52.5 Å². The molecule has 1 heterocycles. The van der Waals surface area contributed by atoms with Gasteiger partial charge in [-0.3, -0.25) is 0 Å². The Bertz CT molecular complexity index is 655. The van der Waals surface area contributed by atoms with E-state index in [1.165, 1.54) is 17.7 Å². The van der Waals surface area contributed by atoms with E-state index in [-0.39, 0.29) is 5.82 Å². The molecule has 0 saturated carbocycles. The first-order chi connectivity index (χ1) is 9.67. The summed E-state index contributed by atoms with van der Waals surface area (Å²) in [5.74, 6) is 0.894. The first kappa shape index (κ1) is 13.1. The summed E-state index contributed by atoms with van der Waals surface area (Å²) in [5.41, 5.74) is 9.79. The second-order valence-electron chi connectivity index (χ2n) is 5.13. The van der Waals surface area contributed by atoms with Crippen LogP contribution in [0.2, 0.25) is 0 Å². The Hall–Kier alpha value is -1.94. The number of fused-ring (bicyclic) bond motifs is 1. The molecule has 0 bridgehead atoms. The third-order valence-corrected chi connectivity index (χ3v) is 3.65. The molecule has 20 heavy (non-hydrogen) atoms. The zero-order valence-electron chi connectivity index (χ0n) is 11.4. The molecule has 1 aromatic heterocycles. The fourth-order valence-electron chi connectivity index (χ4n) is 2.57. The van der Waals surface area contributed by atoms with Crippen LogP contribution in [0.1, 0.15) is 28.8 Å². The van der Waals surface area contributed by atoms with Crippen LogP contribution >= 0.6 is 0 Å². The second kappa shape index (κ2) is 5.21. The van der Waals surface area contributed by atoms with E-state index >= 15 is 0 Å². The topological polar surface area (TPSA) is 48.1 Å². The number of aromatic nitrogens is 1. The molecule has 1 aliphatic carbocycles. The minimum Gasteiger partial charge on any atom is -0.438 e. The van der Waals surface area contributed by atoms with Gasteiger partial charge in [0.1, 0.15) is 11.6 Å². The van der Waals surface area contributed by atoms with Gasteiger partial charge in [-0.25, -0.2) is 9.37 Å². The van der Waals surface area contributed by atoms with Gasteiger partial charge in [0.2, 0.25) is 5.88 Å². The normalized spacial score (nSPS) is 13.3. The smallest absolute Gasteiger partial charge is 0.223 e. The van der Waals surface area contributed by atoms with Crippen molar-refractivity contribution in [2.24, 2.45) is 5.73 Å². The number of ether oxygens (including phenoxy) is 1. The molecule has 3 rings (SSSR count). The lowest BCUT2D eigenvalue weighted by atomic mass is 10.1. The fraction of sp³-hybridized carbons (Fsp3) is 0.312. The zero-order valence-corrected chi connectivity index (χ0v) is 11.4. The molecule has 2 aromatic rings. The van der Waals surface area contributed by atoms with E-state index in [9.17, 15) is 4.39 Å². The van der Waals surface area contributed by atoms with Crippen molar-refractivity contribution in [2.75, 3.05) is 0 Å². The summed E-state index contributed by atoms with van der Waals surface area (Å²) in [6, 6.07) is 6.55. The van der Waals surface area contributed by atoms with Crippen LogP contribution in [0.3, 0.4) is 0 Å². The van der Waals surface area contributed by atoms with Gasteiger partial charge in [0.15, 0.2) is 0 Å². The molecule has 0 radical (unpaired) electrons. The third kappa shape index (κ3) is 2.39. The van der Waals surface area contributed by atoms with Crippen LogP contribution in [-0.4, -0.2) is 4.98 Å². The highest BCUT2D eigenvalue weighted by Gasteiger charge is 2.17. The molecule has 1 aromatic carbocycles. The summed E-state index contributed by atoms with van der Waals surface area (Å²) in [5, 5.41) is 0. The Morgan fingerprint density at radius 3 is 2.90 bits per heavy atom. The van der Waals surface area contributed by atoms with Crippen molar-refractivity contribution >= 4 is 0 Å². The predicted molar refractivity (Wildman–Crippen MR) is 75.4 cm³/mol. The molecular formula is C16H17FN2O. The maximum atomic E-state index is 13.1. The molecule has 0 saturated heterocycles. The highest BCUT2D eigenvalue weighted by Crippen LogP contribution is 2.31. The lowest BCUT2D eigenvalue weighted by Crippen LogP contribution is -2.04. The first-order valence-electron chi connectivity index (χ1n) is 6.83. The Morgan fingerprint density at radius 1 is 1.30 bits per heavy atom. The SMILES string of the molecule is Cc1cc(F)ccc1Oc1nc2c(cc1CN)CCC2. The van der Waals surface area contributed by atoms with Gasteiger partial charge in [-0.2, -0.15) is 0 Å². The maximum absolute atomic E-state index is 13.1. The number of rotatable bonds is 3. The van der Waals surface area contributed by atoms with Crippen molar-refractivity contribution < 1.29 is 9.13 Å². The molecule has 0 amide bonds. The number of aryl methyl sites for hydroxylation is 3. The third-order valence-electron chi connectivity index (χ3n) is 3.65. The number of nitrogens with zero attached hydrogens (tertiary/aromatic N) is 1. The molecule has 0 aliphatic heterocycles. The number of hydrogen-bond acceptors (Lipinski definition) is 3. The van der Waals surface area contributed by atoms with E-state index in [2.05, 4.69) is 11.1 Å². The van der Waals surface area contributed by atoms with Gasteiger partial charge in [0.05, 0.1) is 0 Å². The standard InChI is InChI=1S/C16H17FN2O/c1-10-7-13(17)5-6-15(10)20-16-12(9-18)8-11-3-2-4-14(11)19-16/h5-8H,2-4,9,18H2,1H3. The first-order valence-corrected chi connectivity index (χ1v) is 6.83. The highest BCUT2D eigenvalue weighted by molar-refractivity contribution is 5.41. The Labute approximate surface area is 117 Å². The Balaban J connectivity index is 1.97. The van der Waals surface area contributed by atoms with Gasteiger partial charge in [-0.1, -0.05) is 0 Å². The average Bonchev–Trinajstić information content (AvgIpc) is 2.88. The fourth-order valence-corrected chi connectivity index (χ4v) is 2.57. The molecule has 0 atom stereocenters. The molecular weight excluding hydrogens is 255 g/mol. The van der Waals surface area contributed by atoms with Gasteiger partial charge in [0.25, 0.3) is 0 Å². The Kier molecular flexibility index (Phi) is 3.40. The van der Waals surface area contributed by atoms with Gasteiger partial charge in [0, 0.05) is 17.8 Å². The van der Waals surface area contributed by atoms with Gasteiger partial charge < -0.3 is 10.5 Å². The van der Waals surface area contributed by atoms with Crippen molar-refractivity contribution in [1.29, 1.82) is 0 Å². The van der Waals surface area contributed by atoms with E-state index in [0.717, 1.165) is 36.1 Å². The molecule has 2 N–H and O–H groups in total. The lowest BCUT2D eigenvalue weighted by molar-refractivity contribution is 0.449. The number of hydrogen-bond donors (Lipinski definition) is 1. The van der Waals surface area contributed by atoms with Crippen molar-refractivity contribution in [1.82, 2.24) is 4.98 Å². The monoisotopic (exact) mass is 272 g/mol. The predicted octanol–water partition coefficient (Wildman–Crippen LogP) is 3.27. The number of nitrogens with two attached hydrogens (primary N) is 1. The molecule has 3 nitrogen and oxygen atoms in total. The van der Waals surface area contributed by atoms with Crippen LogP contribution in [0, 0.1) is 12.7 Å². The van der Waals surface area contributed by atoms with E-state index < -0.39 is 0 Å². The van der Waals surface area contributed by atoms with Crippen LogP contribution in [-0.2, 0) is 19.4 Å². The van der Waals surface area contributed by atoms with Crippen molar-refractivity contribution in [2.45, 2.75) is 32.7 Å². The summed E-state index contributed by atoms with van der Waals surface area (Å²) in [4.78, 5) is 4.59. The summed E-state index contributed by atoms with van der Waals surface area (Å²) >= 11 is 0. The molecule has 0 unspecified atom stereocenters. The molecule has 4 heteroatoms. The molecule has 104 valence electrons. The summed E-state index contributed by atoms with van der Waals surface area (Å²) in [6.45, 7) is 2.20. The lowest BCUT2D eigenvalue weighted by Gasteiger charge is -2.13. The van der Waals surface area contributed by atoms with Crippen LogP contribution in [0.15, 0.2) is 24.3 Å². The van der Waals surface area contributed by atoms with E-state index in [4.69, 9.17) is 10.5 Å². The molecule has 0 spiro atoms. The van der Waals surface area contributed by atoms with Crippen molar-refractivity contribution in [3.63, 3.8) is 0 Å². The van der Waals surface area contributed by atoms with Gasteiger partial charge in [-0.05, 0) is 61.6 Å². The van der Waals surface area contributed by atoms with Crippen LogP contribution in [0.5, 0.6) is 11.6 Å². The summed E-state index contributed by atoms with van der Waals surface area (Å²) in [7, 11) is 0. The maximum Gasteiger partial charge on any atom is 0.223 e. The largest absolute Gasteiger partial charge is 0.438 e. The van der Waals surface area contributed by atoms with Crippen molar-refractivity contribution in [3.8, 4) is 11.6 Å². The molecule has 0 fully saturated rings. The Morgan fingerprint density at radius 2 is 2.15 bits per heavy atom. The average molecular weight is 272 g/mol. The van der Waals surface area contributed by atoms with Crippen LogP contribution in [0.25, 0.3) is 0 Å². The highest BCUT2D eigenvalue weighted by atomic mass is 19.1. The number of benzene rings is 1. The van der Waals surface area contributed by atoms with Gasteiger partial charge >= 0.3 is 0 Å².